The molecule has 1 amide bonds. The third kappa shape index (κ3) is 3.80. The molecular weight excluding hydrogens is 526 g/mol. The minimum Gasteiger partial charge on any atom is -0.458 e. The number of amides is 1. The van der Waals surface area contributed by atoms with Gasteiger partial charge in [0.25, 0.3) is 0 Å². The molecule has 5 aliphatic carbocycles. The first-order chi connectivity index (χ1) is 18.8. The first-order valence-corrected chi connectivity index (χ1v) is 15.0. The molecule has 7 atom stereocenters. The molecule has 3 saturated carbocycles. The van der Waals surface area contributed by atoms with Crippen molar-refractivity contribution in [1.82, 2.24) is 4.90 Å². The standard InChI is InChI=1S/C32H45NO8/c1-17-8-22-30(38,24(17)35)11-19(14-34)9-21-23-28(6,7)31(23,10-18(2)32(21,22)39)40-25(36)20-12-29(13-20)15-33(16-29)26(37)41-27(3,4)5/h8-9,18,20-23,34,38-39H,10-16H2,1-7H3/t18-,21+,22-,23-,30-,31+,32-/m1/s1. The highest BCUT2D eigenvalue weighted by molar-refractivity contribution is 6.04. The predicted octanol–water partition coefficient (Wildman–Crippen LogP) is 3.16. The highest BCUT2D eigenvalue weighted by Gasteiger charge is 2.83. The van der Waals surface area contributed by atoms with E-state index in [0.29, 0.717) is 43.5 Å². The van der Waals surface area contributed by atoms with Gasteiger partial charge in [0.05, 0.1) is 18.1 Å². The molecule has 226 valence electrons. The molecule has 0 unspecified atom stereocenters. The van der Waals surface area contributed by atoms with Crippen LogP contribution < -0.4 is 0 Å². The Labute approximate surface area is 241 Å². The summed E-state index contributed by atoms with van der Waals surface area (Å²) in [7, 11) is 0. The number of fused-ring (bicyclic) bond motifs is 5. The molecule has 6 aliphatic rings. The van der Waals surface area contributed by atoms with Crippen molar-refractivity contribution < 1.29 is 39.2 Å². The van der Waals surface area contributed by atoms with Gasteiger partial charge in [0.2, 0.25) is 0 Å². The van der Waals surface area contributed by atoms with E-state index < -0.39 is 45.4 Å². The van der Waals surface area contributed by atoms with Crippen LogP contribution in [0.15, 0.2) is 23.3 Å². The van der Waals surface area contributed by atoms with E-state index in [4.69, 9.17) is 9.47 Å². The maximum Gasteiger partial charge on any atom is 0.410 e. The van der Waals surface area contributed by atoms with Crippen LogP contribution >= 0.6 is 0 Å². The predicted molar refractivity (Wildman–Crippen MR) is 148 cm³/mol. The molecule has 0 aromatic carbocycles. The first-order valence-electron chi connectivity index (χ1n) is 15.0. The molecule has 6 rings (SSSR count). The molecule has 0 bridgehead atoms. The van der Waals surface area contributed by atoms with Crippen molar-refractivity contribution in [3.63, 3.8) is 0 Å². The largest absolute Gasteiger partial charge is 0.458 e. The number of ketones is 1. The van der Waals surface area contributed by atoms with Crippen LogP contribution in [-0.2, 0) is 19.1 Å². The zero-order valence-corrected chi connectivity index (χ0v) is 25.3. The Kier molecular flexibility index (Phi) is 5.95. The number of rotatable bonds is 3. The van der Waals surface area contributed by atoms with Crippen molar-refractivity contribution in [2.45, 2.75) is 96.6 Å². The smallest absolute Gasteiger partial charge is 0.410 e. The number of hydrogen-bond donors (Lipinski definition) is 3. The lowest BCUT2D eigenvalue weighted by Crippen LogP contribution is -2.65. The summed E-state index contributed by atoms with van der Waals surface area (Å²) in [5.41, 5.74) is -4.13. The van der Waals surface area contributed by atoms with Crippen LogP contribution in [0.4, 0.5) is 4.79 Å². The number of esters is 1. The summed E-state index contributed by atoms with van der Waals surface area (Å²) in [6.07, 6.45) is 4.97. The molecule has 9 heteroatoms. The summed E-state index contributed by atoms with van der Waals surface area (Å²) in [5, 5.41) is 34.3. The second-order valence-electron chi connectivity index (χ2n) is 15.7. The van der Waals surface area contributed by atoms with Crippen LogP contribution in [0.25, 0.3) is 0 Å². The van der Waals surface area contributed by atoms with E-state index in [1.54, 1.807) is 17.9 Å². The number of Topliss-reactive ketones (excluding diaryl/α,β-unsaturated/α-hetero) is 1. The molecule has 1 heterocycles. The fraction of sp³-hybridized carbons (Fsp3) is 0.781. The zero-order valence-electron chi connectivity index (χ0n) is 25.3. The van der Waals surface area contributed by atoms with Gasteiger partial charge < -0.3 is 29.7 Å². The molecule has 0 aromatic rings. The topological polar surface area (TPSA) is 134 Å². The Morgan fingerprint density at radius 2 is 1.73 bits per heavy atom. The molecule has 0 radical (unpaired) electrons. The number of aliphatic hydroxyl groups excluding tert-OH is 1. The first kappa shape index (κ1) is 28.9. The molecule has 9 nitrogen and oxygen atoms in total. The highest BCUT2D eigenvalue weighted by Crippen LogP contribution is 2.77. The van der Waals surface area contributed by atoms with Crippen molar-refractivity contribution in [2.24, 2.45) is 40.4 Å². The second kappa shape index (κ2) is 8.44. The van der Waals surface area contributed by atoms with Crippen LogP contribution in [0.5, 0.6) is 0 Å². The van der Waals surface area contributed by atoms with Gasteiger partial charge in [0, 0.05) is 48.1 Å². The van der Waals surface area contributed by atoms with Gasteiger partial charge in [-0.2, -0.15) is 0 Å². The van der Waals surface area contributed by atoms with E-state index in [9.17, 15) is 29.7 Å². The lowest BCUT2D eigenvalue weighted by atomic mass is 9.57. The molecule has 1 spiro atoms. The quantitative estimate of drug-likeness (QED) is 0.348. The number of ether oxygens (including phenoxy) is 2. The maximum absolute atomic E-state index is 13.6. The molecule has 3 N–H and O–H groups in total. The van der Waals surface area contributed by atoms with Crippen molar-refractivity contribution in [3.05, 3.63) is 23.3 Å². The van der Waals surface area contributed by atoms with Crippen molar-refractivity contribution in [3.8, 4) is 0 Å². The second-order valence-corrected chi connectivity index (χ2v) is 15.7. The summed E-state index contributed by atoms with van der Waals surface area (Å²) in [6.45, 7) is 14.1. The average Bonchev–Trinajstić information content (AvgIpc) is 3.20. The minimum absolute atomic E-state index is 0.0310. The summed E-state index contributed by atoms with van der Waals surface area (Å²) in [5.74, 6) is -2.81. The fourth-order valence-electron chi connectivity index (χ4n) is 9.49. The zero-order chi connectivity index (χ0) is 30.1. The lowest BCUT2D eigenvalue weighted by molar-refractivity contribution is -0.195. The Balaban J connectivity index is 1.19. The third-order valence-corrected chi connectivity index (χ3v) is 11.6. The van der Waals surface area contributed by atoms with Crippen LogP contribution in [0, 0.1) is 40.4 Å². The Morgan fingerprint density at radius 3 is 2.32 bits per heavy atom. The van der Waals surface area contributed by atoms with Gasteiger partial charge in [-0.3, -0.25) is 9.59 Å². The number of nitrogens with zero attached hydrogens (tertiary/aromatic N) is 1. The number of carbonyl (C=O) groups is 3. The number of likely N-dealkylation sites (tertiary alicyclic amines) is 1. The van der Waals surface area contributed by atoms with Gasteiger partial charge in [-0.25, -0.2) is 4.79 Å². The average molecular weight is 572 g/mol. The van der Waals surface area contributed by atoms with Crippen LogP contribution in [0.2, 0.25) is 0 Å². The Bertz CT molecular complexity index is 1260. The molecule has 4 fully saturated rings. The monoisotopic (exact) mass is 571 g/mol. The normalized spacial score (nSPS) is 42.0. The highest BCUT2D eigenvalue weighted by atomic mass is 16.6. The van der Waals surface area contributed by atoms with E-state index in [2.05, 4.69) is 13.8 Å². The number of carbonyl (C=O) groups excluding carboxylic acids is 3. The van der Waals surface area contributed by atoms with Gasteiger partial charge in [0.1, 0.15) is 16.8 Å². The molecular formula is C32H45NO8. The Hall–Kier alpha value is -2.23. The molecule has 1 aliphatic heterocycles. The lowest BCUT2D eigenvalue weighted by Gasteiger charge is -2.58. The van der Waals surface area contributed by atoms with Gasteiger partial charge in [-0.1, -0.05) is 32.9 Å². The van der Waals surface area contributed by atoms with Gasteiger partial charge in [-0.15, -0.1) is 0 Å². The van der Waals surface area contributed by atoms with Gasteiger partial charge in [0.15, 0.2) is 5.78 Å². The molecule has 1 saturated heterocycles. The van der Waals surface area contributed by atoms with Crippen molar-refractivity contribution >= 4 is 17.8 Å². The van der Waals surface area contributed by atoms with E-state index in [0.717, 1.165) is 0 Å². The Morgan fingerprint density at radius 1 is 1.10 bits per heavy atom. The number of aliphatic hydroxyl groups is 3. The van der Waals surface area contributed by atoms with E-state index >= 15 is 0 Å². The van der Waals surface area contributed by atoms with Crippen molar-refractivity contribution in [1.29, 1.82) is 0 Å². The van der Waals surface area contributed by atoms with E-state index in [-0.39, 0.29) is 48.3 Å². The molecule has 0 aromatic heterocycles. The third-order valence-electron chi connectivity index (χ3n) is 11.6. The van der Waals surface area contributed by atoms with Crippen LogP contribution in [-0.4, -0.2) is 80.2 Å². The maximum atomic E-state index is 13.6. The molecule has 41 heavy (non-hydrogen) atoms. The van der Waals surface area contributed by atoms with Gasteiger partial charge in [-0.05, 0) is 64.0 Å². The van der Waals surface area contributed by atoms with Crippen molar-refractivity contribution in [2.75, 3.05) is 19.7 Å². The van der Waals surface area contributed by atoms with Gasteiger partial charge >= 0.3 is 12.1 Å². The van der Waals surface area contributed by atoms with Crippen LogP contribution in [0.3, 0.4) is 0 Å². The minimum atomic E-state index is -1.80. The number of hydrogen-bond acceptors (Lipinski definition) is 8. The summed E-state index contributed by atoms with van der Waals surface area (Å²) < 4.78 is 11.9. The van der Waals surface area contributed by atoms with E-state index in [1.807, 2.05) is 33.8 Å². The fourth-order valence-corrected chi connectivity index (χ4v) is 9.49. The van der Waals surface area contributed by atoms with Crippen LogP contribution in [0.1, 0.15) is 74.1 Å². The summed E-state index contributed by atoms with van der Waals surface area (Å²) in [4.78, 5) is 40.7. The van der Waals surface area contributed by atoms with E-state index in [1.165, 1.54) is 0 Å². The summed E-state index contributed by atoms with van der Waals surface area (Å²) >= 11 is 0. The summed E-state index contributed by atoms with van der Waals surface area (Å²) in [6, 6.07) is 0. The SMILES string of the molecule is CC1=C[C@H]2[C@@]3(O)[C@H](C)C[C@]4(OC(=O)C5CC6(C5)CN(C(=O)OC(C)(C)C)C6)[C@H]([C@@H]3C=C(CO)C[C@]2(O)C1=O)C4(C)C.